The molecule has 0 N–H and O–H groups in total. The number of benzene rings is 2. The maximum absolute atomic E-state index is 12.9. The molecule has 2 heterocycles. The summed E-state index contributed by atoms with van der Waals surface area (Å²) in [6.45, 7) is 0.463. The summed E-state index contributed by atoms with van der Waals surface area (Å²) in [5, 5.41) is 4.00. The Morgan fingerprint density at radius 1 is 1.13 bits per heavy atom. The Labute approximate surface area is 170 Å². The van der Waals surface area contributed by atoms with Crippen molar-refractivity contribution in [3.05, 3.63) is 65.5 Å². The fraction of sp³-hybridized carbons (Fsp3) is 0.286. The van der Waals surface area contributed by atoms with Gasteiger partial charge in [0.05, 0.1) is 12.7 Å². The standard InChI is InChI=1S/C21H18F3N3O3/c1-29-16-10-6-13(7-11-16)18-25-19(30-26-18)17-3-2-12-27(17)20(28)14-4-8-15(9-5-14)21(22,23)24/h4-11,17H,2-3,12H2,1H3/t17-/m1/s1. The first-order chi connectivity index (χ1) is 14.4. The molecule has 1 aliphatic rings. The second kappa shape index (κ2) is 7.81. The highest BCUT2D eigenvalue weighted by atomic mass is 19.4. The highest BCUT2D eigenvalue weighted by Gasteiger charge is 2.35. The van der Waals surface area contributed by atoms with Crippen molar-refractivity contribution in [3.8, 4) is 17.1 Å². The number of amides is 1. The van der Waals surface area contributed by atoms with E-state index in [2.05, 4.69) is 10.1 Å². The number of alkyl halides is 3. The number of hydrogen-bond acceptors (Lipinski definition) is 5. The van der Waals surface area contributed by atoms with Gasteiger partial charge in [0, 0.05) is 17.7 Å². The van der Waals surface area contributed by atoms with E-state index in [4.69, 9.17) is 9.26 Å². The number of methoxy groups -OCH3 is 1. The summed E-state index contributed by atoms with van der Waals surface area (Å²) in [5.74, 6) is 1.03. The lowest BCUT2D eigenvalue weighted by Crippen LogP contribution is -2.30. The van der Waals surface area contributed by atoms with Crippen LogP contribution >= 0.6 is 0 Å². The van der Waals surface area contributed by atoms with E-state index in [0.717, 1.165) is 24.1 Å². The molecule has 30 heavy (non-hydrogen) atoms. The smallest absolute Gasteiger partial charge is 0.416 e. The molecule has 0 unspecified atom stereocenters. The van der Waals surface area contributed by atoms with Crippen molar-refractivity contribution in [2.75, 3.05) is 13.7 Å². The average Bonchev–Trinajstić information content (AvgIpc) is 3.42. The summed E-state index contributed by atoms with van der Waals surface area (Å²) >= 11 is 0. The van der Waals surface area contributed by atoms with E-state index >= 15 is 0 Å². The zero-order chi connectivity index (χ0) is 21.3. The largest absolute Gasteiger partial charge is 0.497 e. The van der Waals surface area contributed by atoms with Gasteiger partial charge in [0.25, 0.3) is 5.91 Å². The van der Waals surface area contributed by atoms with Crippen molar-refractivity contribution < 1.29 is 27.2 Å². The first-order valence-corrected chi connectivity index (χ1v) is 9.33. The number of ether oxygens (including phenoxy) is 1. The third kappa shape index (κ3) is 3.87. The molecule has 1 fully saturated rings. The molecule has 1 aliphatic heterocycles. The average molecular weight is 417 g/mol. The van der Waals surface area contributed by atoms with Gasteiger partial charge in [0.15, 0.2) is 0 Å². The van der Waals surface area contributed by atoms with Gasteiger partial charge in [-0.2, -0.15) is 18.2 Å². The molecule has 1 saturated heterocycles. The van der Waals surface area contributed by atoms with Crippen LogP contribution in [-0.2, 0) is 6.18 Å². The monoisotopic (exact) mass is 417 g/mol. The van der Waals surface area contributed by atoms with Gasteiger partial charge in [0.1, 0.15) is 11.8 Å². The number of nitrogens with zero attached hydrogens (tertiary/aromatic N) is 3. The third-order valence-corrected chi connectivity index (χ3v) is 5.05. The molecule has 0 saturated carbocycles. The molecule has 4 rings (SSSR count). The molecule has 3 aromatic rings. The lowest BCUT2D eigenvalue weighted by Gasteiger charge is -2.22. The fourth-order valence-electron chi connectivity index (χ4n) is 3.46. The van der Waals surface area contributed by atoms with Crippen molar-refractivity contribution in [3.63, 3.8) is 0 Å². The number of rotatable bonds is 4. The Hall–Kier alpha value is -3.36. The summed E-state index contributed by atoms with van der Waals surface area (Å²) in [6.07, 6.45) is -3.08. The van der Waals surface area contributed by atoms with Crippen molar-refractivity contribution in [1.82, 2.24) is 15.0 Å². The van der Waals surface area contributed by atoms with E-state index in [1.165, 1.54) is 12.1 Å². The number of likely N-dealkylation sites (tertiary alicyclic amines) is 1. The quantitative estimate of drug-likeness (QED) is 0.613. The van der Waals surface area contributed by atoms with E-state index in [-0.39, 0.29) is 11.5 Å². The van der Waals surface area contributed by atoms with E-state index in [9.17, 15) is 18.0 Å². The molecule has 0 bridgehead atoms. The number of hydrogen-bond donors (Lipinski definition) is 0. The lowest BCUT2D eigenvalue weighted by atomic mass is 10.1. The number of halogens is 3. The summed E-state index contributed by atoms with van der Waals surface area (Å²) in [7, 11) is 1.57. The maximum atomic E-state index is 12.9. The molecular weight excluding hydrogens is 399 g/mol. The van der Waals surface area contributed by atoms with Gasteiger partial charge in [-0.25, -0.2) is 0 Å². The van der Waals surface area contributed by atoms with Crippen molar-refractivity contribution in [1.29, 1.82) is 0 Å². The predicted molar refractivity (Wildman–Crippen MR) is 101 cm³/mol. The molecule has 1 amide bonds. The van der Waals surface area contributed by atoms with Crippen LogP contribution in [0.3, 0.4) is 0 Å². The van der Waals surface area contributed by atoms with E-state index < -0.39 is 17.8 Å². The third-order valence-electron chi connectivity index (χ3n) is 5.05. The molecule has 1 atom stereocenters. The highest BCUT2D eigenvalue weighted by molar-refractivity contribution is 5.94. The van der Waals surface area contributed by atoms with Crippen LogP contribution in [-0.4, -0.2) is 34.6 Å². The fourth-order valence-corrected chi connectivity index (χ4v) is 3.46. The first kappa shape index (κ1) is 19.9. The Balaban J connectivity index is 1.53. The maximum Gasteiger partial charge on any atom is 0.416 e. The minimum atomic E-state index is -4.45. The van der Waals surface area contributed by atoms with Crippen LogP contribution in [0.5, 0.6) is 5.75 Å². The second-order valence-corrected chi connectivity index (χ2v) is 6.92. The Morgan fingerprint density at radius 3 is 2.47 bits per heavy atom. The van der Waals surface area contributed by atoms with Crippen molar-refractivity contribution >= 4 is 5.91 Å². The van der Waals surface area contributed by atoms with Crippen molar-refractivity contribution in [2.24, 2.45) is 0 Å². The van der Waals surface area contributed by atoms with Gasteiger partial charge in [-0.05, 0) is 61.4 Å². The zero-order valence-corrected chi connectivity index (χ0v) is 16.0. The molecule has 0 radical (unpaired) electrons. The molecule has 0 spiro atoms. The Kier molecular flexibility index (Phi) is 5.19. The minimum absolute atomic E-state index is 0.185. The summed E-state index contributed by atoms with van der Waals surface area (Å²) in [4.78, 5) is 18.9. The lowest BCUT2D eigenvalue weighted by molar-refractivity contribution is -0.137. The molecule has 2 aromatic carbocycles. The molecule has 6 nitrogen and oxygen atoms in total. The summed E-state index contributed by atoms with van der Waals surface area (Å²) in [6, 6.07) is 10.9. The number of aromatic nitrogens is 2. The van der Waals surface area contributed by atoms with Crippen LogP contribution in [0.2, 0.25) is 0 Å². The topological polar surface area (TPSA) is 68.5 Å². The van der Waals surface area contributed by atoms with Crippen LogP contribution in [0, 0.1) is 0 Å². The zero-order valence-electron chi connectivity index (χ0n) is 16.0. The number of carbonyl (C=O) groups excluding carboxylic acids is 1. The van der Waals surface area contributed by atoms with Crippen LogP contribution in [0.4, 0.5) is 13.2 Å². The van der Waals surface area contributed by atoms with E-state index in [1.54, 1.807) is 36.3 Å². The van der Waals surface area contributed by atoms with Gasteiger partial charge in [-0.3, -0.25) is 4.79 Å². The molecule has 0 aliphatic carbocycles. The van der Waals surface area contributed by atoms with Gasteiger partial charge < -0.3 is 14.2 Å². The molecular formula is C21H18F3N3O3. The van der Waals surface area contributed by atoms with Gasteiger partial charge in [-0.15, -0.1) is 0 Å². The van der Waals surface area contributed by atoms with Crippen LogP contribution in [0.1, 0.15) is 40.7 Å². The Morgan fingerprint density at radius 2 is 1.83 bits per heavy atom. The number of carbonyl (C=O) groups is 1. The molecule has 9 heteroatoms. The van der Waals surface area contributed by atoms with Crippen molar-refractivity contribution in [2.45, 2.75) is 25.1 Å². The second-order valence-electron chi connectivity index (χ2n) is 6.92. The van der Waals surface area contributed by atoms with Gasteiger partial charge >= 0.3 is 6.18 Å². The van der Waals surface area contributed by atoms with Crippen LogP contribution in [0.15, 0.2) is 53.1 Å². The van der Waals surface area contributed by atoms with E-state index in [0.29, 0.717) is 30.4 Å². The normalized spacial score (nSPS) is 16.7. The first-order valence-electron chi connectivity index (χ1n) is 9.33. The molecule has 1 aromatic heterocycles. The summed E-state index contributed by atoms with van der Waals surface area (Å²) < 4.78 is 48.8. The molecule has 156 valence electrons. The van der Waals surface area contributed by atoms with Crippen LogP contribution < -0.4 is 4.74 Å². The van der Waals surface area contributed by atoms with Gasteiger partial charge in [-0.1, -0.05) is 5.16 Å². The van der Waals surface area contributed by atoms with Crippen LogP contribution in [0.25, 0.3) is 11.4 Å². The Bertz CT molecular complexity index is 1030. The van der Waals surface area contributed by atoms with Gasteiger partial charge in [0.2, 0.25) is 11.7 Å². The minimum Gasteiger partial charge on any atom is -0.497 e. The SMILES string of the molecule is COc1ccc(-c2noc([C@H]3CCCN3C(=O)c3ccc(C(F)(F)F)cc3)n2)cc1. The predicted octanol–water partition coefficient (Wildman–Crippen LogP) is 4.74. The van der Waals surface area contributed by atoms with E-state index in [1.807, 2.05) is 0 Å². The summed E-state index contributed by atoms with van der Waals surface area (Å²) in [5.41, 5.74) is 0.132. The highest BCUT2D eigenvalue weighted by Crippen LogP contribution is 2.34.